The average molecular weight is 821 g/mol. The standard InChI is InChI=1S/C57H64N4O/c1-53(2,3)38-26-27-47(41(31-38)35-22-18-17-19-23-35)61-48-25-21-20-24-45(48)60-52(61)37-28-36(29-39(30-37)54(4,5)6)49-50(58-16)43(56(10,11)12)34-46(59-49)42-32-40(55(7,8)9)33-44(51(42)62)57(13,14)15/h17-34,62H,1-15H3. The third-order valence-corrected chi connectivity index (χ3v) is 12.1. The Morgan fingerprint density at radius 2 is 1.06 bits per heavy atom. The third kappa shape index (κ3) is 8.45. The van der Waals surface area contributed by atoms with Gasteiger partial charge >= 0.3 is 0 Å². The van der Waals surface area contributed by atoms with Gasteiger partial charge in [-0.3, -0.25) is 9.55 Å². The van der Waals surface area contributed by atoms with Crippen LogP contribution in [0.25, 0.3) is 66.6 Å². The van der Waals surface area contributed by atoms with Crippen molar-refractivity contribution in [2.45, 2.75) is 131 Å². The van der Waals surface area contributed by atoms with Crippen LogP contribution in [0.3, 0.4) is 0 Å². The molecule has 7 aromatic rings. The van der Waals surface area contributed by atoms with E-state index in [1.165, 1.54) is 5.56 Å². The largest absolute Gasteiger partial charge is 0.507 e. The Kier molecular flexibility index (Phi) is 11.0. The summed E-state index contributed by atoms with van der Waals surface area (Å²) in [6, 6.07) is 38.7. The Bertz CT molecular complexity index is 2870. The Hall–Kier alpha value is -5.99. The molecule has 5 aromatic carbocycles. The number of hydrogen-bond donors (Lipinski definition) is 1. The molecule has 5 nitrogen and oxygen atoms in total. The summed E-state index contributed by atoms with van der Waals surface area (Å²) in [6.45, 7) is 41.6. The van der Waals surface area contributed by atoms with Crippen LogP contribution in [0, 0.1) is 6.57 Å². The van der Waals surface area contributed by atoms with Crippen molar-refractivity contribution in [2.75, 3.05) is 0 Å². The lowest BCUT2D eigenvalue weighted by atomic mass is 9.78. The zero-order valence-electron chi connectivity index (χ0n) is 39.6. The molecule has 0 bridgehead atoms. The summed E-state index contributed by atoms with van der Waals surface area (Å²) in [5.41, 5.74) is 13.4. The monoisotopic (exact) mass is 821 g/mol. The minimum Gasteiger partial charge on any atom is -0.507 e. The first-order chi connectivity index (χ1) is 28.8. The molecule has 0 saturated heterocycles. The summed E-state index contributed by atoms with van der Waals surface area (Å²) < 4.78 is 2.31. The van der Waals surface area contributed by atoms with Gasteiger partial charge in [0.1, 0.15) is 11.6 Å². The lowest BCUT2D eigenvalue weighted by Gasteiger charge is -2.28. The predicted molar refractivity (Wildman–Crippen MR) is 262 cm³/mol. The van der Waals surface area contributed by atoms with Crippen LogP contribution in [0.15, 0.2) is 109 Å². The Balaban J connectivity index is 1.58. The Labute approximate surface area is 370 Å². The molecule has 0 radical (unpaired) electrons. The van der Waals surface area contributed by atoms with Gasteiger partial charge in [0, 0.05) is 22.3 Å². The number of phenols is 1. The molecular weight excluding hydrogens is 757 g/mol. The number of nitrogens with zero attached hydrogens (tertiary/aromatic N) is 4. The molecule has 0 amide bonds. The summed E-state index contributed by atoms with van der Waals surface area (Å²) in [4.78, 5) is 15.1. The van der Waals surface area contributed by atoms with Gasteiger partial charge in [-0.1, -0.05) is 165 Å². The number of fused-ring (bicyclic) bond motifs is 1. The number of phenolic OH excluding ortho intramolecular Hbond substituents is 1. The number of benzene rings is 5. The molecule has 62 heavy (non-hydrogen) atoms. The summed E-state index contributed by atoms with van der Waals surface area (Å²) in [6.07, 6.45) is 0. The number of pyridine rings is 1. The van der Waals surface area contributed by atoms with Crippen molar-refractivity contribution in [2.24, 2.45) is 0 Å². The first kappa shape index (κ1) is 44.1. The van der Waals surface area contributed by atoms with E-state index >= 15 is 0 Å². The Morgan fingerprint density at radius 1 is 0.500 bits per heavy atom. The molecule has 2 heterocycles. The second-order valence-electron chi connectivity index (χ2n) is 22.2. The second kappa shape index (κ2) is 15.4. The van der Waals surface area contributed by atoms with E-state index in [4.69, 9.17) is 16.5 Å². The van der Waals surface area contributed by atoms with Gasteiger partial charge in [0.25, 0.3) is 0 Å². The number of imidazole rings is 1. The molecule has 0 aliphatic heterocycles. The van der Waals surface area contributed by atoms with Crippen molar-refractivity contribution in [1.29, 1.82) is 0 Å². The summed E-state index contributed by atoms with van der Waals surface area (Å²) >= 11 is 0. The van der Waals surface area contributed by atoms with Crippen LogP contribution in [0.4, 0.5) is 5.69 Å². The van der Waals surface area contributed by atoms with Crippen LogP contribution >= 0.6 is 0 Å². The van der Waals surface area contributed by atoms with Crippen LogP contribution in [-0.2, 0) is 27.1 Å². The van der Waals surface area contributed by atoms with E-state index in [0.29, 0.717) is 22.6 Å². The fourth-order valence-corrected chi connectivity index (χ4v) is 8.23. The van der Waals surface area contributed by atoms with E-state index in [0.717, 1.165) is 67.1 Å². The molecule has 0 aliphatic carbocycles. The normalized spacial score (nSPS) is 12.8. The van der Waals surface area contributed by atoms with Crippen molar-refractivity contribution in [3.8, 4) is 56.5 Å². The maximum atomic E-state index is 12.2. The van der Waals surface area contributed by atoms with Crippen LogP contribution < -0.4 is 0 Å². The molecule has 1 N–H and O–H groups in total. The van der Waals surface area contributed by atoms with Gasteiger partial charge in [0.2, 0.25) is 5.69 Å². The first-order valence-electron chi connectivity index (χ1n) is 21.9. The summed E-state index contributed by atoms with van der Waals surface area (Å²) in [5.74, 6) is 1.03. The van der Waals surface area contributed by atoms with E-state index in [1.807, 2.05) is 12.1 Å². The van der Waals surface area contributed by atoms with Crippen LogP contribution in [0.1, 0.15) is 132 Å². The number of rotatable bonds is 5. The number of hydrogen-bond acceptors (Lipinski definition) is 3. The fourth-order valence-electron chi connectivity index (χ4n) is 8.23. The molecule has 0 unspecified atom stereocenters. The van der Waals surface area contributed by atoms with E-state index < -0.39 is 5.41 Å². The number of aromatic hydroxyl groups is 1. The van der Waals surface area contributed by atoms with Crippen molar-refractivity contribution in [3.63, 3.8) is 0 Å². The average Bonchev–Trinajstić information content (AvgIpc) is 3.58. The van der Waals surface area contributed by atoms with E-state index in [1.54, 1.807) is 0 Å². The van der Waals surface area contributed by atoms with Crippen LogP contribution in [-0.4, -0.2) is 19.6 Å². The summed E-state index contributed by atoms with van der Waals surface area (Å²) in [7, 11) is 0. The number of aromatic nitrogens is 3. The number of para-hydroxylation sites is 2. The zero-order chi connectivity index (χ0) is 45.3. The molecule has 0 spiro atoms. The lowest BCUT2D eigenvalue weighted by Crippen LogP contribution is -2.17. The van der Waals surface area contributed by atoms with Gasteiger partial charge in [-0.2, -0.15) is 0 Å². The molecule has 0 saturated carbocycles. The van der Waals surface area contributed by atoms with Crippen LogP contribution in [0.5, 0.6) is 5.75 Å². The maximum absolute atomic E-state index is 12.2. The van der Waals surface area contributed by atoms with Gasteiger partial charge in [-0.15, -0.1) is 0 Å². The van der Waals surface area contributed by atoms with Crippen molar-refractivity contribution in [3.05, 3.63) is 148 Å². The SMILES string of the molecule is [C-]#[N+]c1c(C(C)(C)C)cc(-c2cc(C(C)(C)C)cc(C(C)(C)C)c2O)nc1-c1cc(-c2nc3ccccc3n2-c2ccc(C(C)(C)C)cc2-c2ccccc2)cc(C(C)(C)C)c1. The van der Waals surface area contributed by atoms with Crippen molar-refractivity contribution < 1.29 is 5.11 Å². The molecular formula is C57H64N4O. The Morgan fingerprint density at radius 3 is 1.66 bits per heavy atom. The van der Waals surface area contributed by atoms with Crippen LogP contribution in [0.2, 0.25) is 0 Å². The molecule has 0 aliphatic rings. The zero-order valence-corrected chi connectivity index (χ0v) is 39.6. The minimum atomic E-state index is -0.401. The van der Waals surface area contributed by atoms with Gasteiger partial charge in [0.05, 0.1) is 34.7 Å². The van der Waals surface area contributed by atoms with E-state index in [9.17, 15) is 5.11 Å². The highest BCUT2D eigenvalue weighted by Crippen LogP contribution is 2.47. The van der Waals surface area contributed by atoms with Gasteiger partial charge in [-0.25, -0.2) is 9.83 Å². The smallest absolute Gasteiger partial charge is 0.216 e. The van der Waals surface area contributed by atoms with Crippen molar-refractivity contribution in [1.82, 2.24) is 14.5 Å². The van der Waals surface area contributed by atoms with Gasteiger partial charge in [0.15, 0.2) is 0 Å². The highest BCUT2D eigenvalue weighted by molar-refractivity contribution is 5.89. The third-order valence-electron chi connectivity index (χ3n) is 12.1. The molecule has 0 fully saturated rings. The molecule has 5 heteroatoms. The second-order valence-corrected chi connectivity index (χ2v) is 22.2. The summed E-state index contributed by atoms with van der Waals surface area (Å²) in [5, 5.41) is 12.2. The van der Waals surface area contributed by atoms with Crippen molar-refractivity contribution >= 4 is 16.7 Å². The molecule has 318 valence electrons. The predicted octanol–water partition coefficient (Wildman–Crippen LogP) is 15.8. The fraction of sp³-hybridized carbons (Fsp3) is 0.351. The molecule has 7 rings (SSSR count). The quantitative estimate of drug-likeness (QED) is 0.176. The lowest BCUT2D eigenvalue weighted by molar-refractivity contribution is 0.446. The first-order valence-corrected chi connectivity index (χ1v) is 21.9. The van der Waals surface area contributed by atoms with Gasteiger partial charge in [-0.05, 0) is 109 Å². The van der Waals surface area contributed by atoms with E-state index in [-0.39, 0.29) is 27.4 Å². The highest BCUT2D eigenvalue weighted by Gasteiger charge is 2.30. The highest BCUT2D eigenvalue weighted by atomic mass is 16.3. The maximum Gasteiger partial charge on any atom is 0.216 e. The van der Waals surface area contributed by atoms with Gasteiger partial charge < -0.3 is 5.11 Å². The minimum absolute atomic E-state index is 0.0505. The molecule has 2 aromatic heterocycles. The van der Waals surface area contributed by atoms with E-state index in [2.05, 4.69) is 210 Å². The topological polar surface area (TPSA) is 55.3 Å². The molecule has 0 atom stereocenters.